The number of ether oxygens (including phenoxy) is 2. The summed E-state index contributed by atoms with van der Waals surface area (Å²) < 4.78 is 9.15. The van der Waals surface area contributed by atoms with Gasteiger partial charge in [-0.2, -0.15) is 0 Å². The van der Waals surface area contributed by atoms with Gasteiger partial charge in [0.15, 0.2) is 0 Å². The van der Waals surface area contributed by atoms with Gasteiger partial charge in [-0.25, -0.2) is 0 Å². The highest BCUT2D eigenvalue weighted by Gasteiger charge is 1.92. The van der Waals surface area contributed by atoms with Crippen molar-refractivity contribution in [1.82, 2.24) is 0 Å². The first-order valence-corrected chi connectivity index (χ1v) is 2.54. The highest BCUT2D eigenvalue weighted by molar-refractivity contribution is 5.67. The third-order valence-corrected chi connectivity index (χ3v) is 0.589. The second kappa shape index (κ2) is 3.95. The first-order chi connectivity index (χ1) is 4.16. The molecule has 0 aliphatic carbocycles. The Morgan fingerprint density at radius 3 is 2.33 bits per heavy atom. The van der Waals surface area contributed by atoms with Crippen LogP contribution in [-0.2, 0) is 14.3 Å². The van der Waals surface area contributed by atoms with Crippen LogP contribution in [0, 0.1) is 0 Å². The van der Waals surface area contributed by atoms with Crippen LogP contribution in [0.5, 0.6) is 0 Å². The number of hydrogen-bond donors (Lipinski definition) is 0. The van der Waals surface area contributed by atoms with Crippen molar-refractivity contribution in [3.63, 3.8) is 0 Å². The Balaban J connectivity index is 3.62. The smallest absolute Gasteiger partial charge is 0.307 e. The number of rotatable bonds is 2. The first-order valence-electron chi connectivity index (χ1n) is 2.54. The zero-order chi connectivity index (χ0) is 7.28. The molecule has 3 heteroatoms. The lowest BCUT2D eigenvalue weighted by atomic mass is 10.6. The van der Waals surface area contributed by atoms with Crippen molar-refractivity contribution < 1.29 is 14.3 Å². The van der Waals surface area contributed by atoms with Gasteiger partial charge in [0.2, 0.25) is 0 Å². The molecule has 0 aromatic heterocycles. The summed E-state index contributed by atoms with van der Waals surface area (Å²) in [5.41, 5.74) is 0. The van der Waals surface area contributed by atoms with Crippen molar-refractivity contribution in [2.45, 2.75) is 13.8 Å². The van der Waals surface area contributed by atoms with Crippen LogP contribution in [0.3, 0.4) is 0 Å². The van der Waals surface area contributed by atoms with Crippen molar-refractivity contribution in [2.24, 2.45) is 0 Å². The second-order valence-electron chi connectivity index (χ2n) is 1.56. The van der Waals surface area contributed by atoms with Gasteiger partial charge in [0.1, 0.15) is 12.0 Å². The molecule has 0 fully saturated rings. The summed E-state index contributed by atoms with van der Waals surface area (Å²) in [7, 11) is 1.49. The fraction of sp³-hybridized carbons (Fsp3) is 0.500. The number of hydrogen-bond acceptors (Lipinski definition) is 3. The van der Waals surface area contributed by atoms with E-state index >= 15 is 0 Å². The second-order valence-corrected chi connectivity index (χ2v) is 1.56. The number of methoxy groups -OCH3 is 1. The molecule has 0 atom stereocenters. The van der Waals surface area contributed by atoms with Crippen LogP contribution in [-0.4, -0.2) is 13.1 Å². The van der Waals surface area contributed by atoms with Gasteiger partial charge in [0.25, 0.3) is 0 Å². The monoisotopic (exact) mass is 130 g/mol. The molecule has 0 saturated heterocycles. The Kier molecular flexibility index (Phi) is 3.51. The van der Waals surface area contributed by atoms with Gasteiger partial charge in [-0.05, 0) is 6.92 Å². The van der Waals surface area contributed by atoms with Gasteiger partial charge in [0.05, 0.1) is 7.11 Å². The number of allylic oxidation sites excluding steroid dienone is 1. The maximum atomic E-state index is 10.2. The molecular weight excluding hydrogens is 120 g/mol. The molecule has 0 rings (SSSR count). The van der Waals surface area contributed by atoms with E-state index in [2.05, 4.69) is 9.47 Å². The summed E-state index contributed by atoms with van der Waals surface area (Å²) in [4.78, 5) is 10.2. The van der Waals surface area contributed by atoms with Crippen LogP contribution in [0.2, 0.25) is 0 Å². The third kappa shape index (κ3) is 4.87. The number of esters is 1. The fourth-order valence-corrected chi connectivity index (χ4v) is 0.417. The molecule has 0 aliphatic rings. The van der Waals surface area contributed by atoms with Crippen LogP contribution in [0.15, 0.2) is 12.0 Å². The molecule has 0 spiro atoms. The van der Waals surface area contributed by atoms with E-state index in [0.717, 1.165) is 0 Å². The molecule has 0 aliphatic heterocycles. The van der Waals surface area contributed by atoms with Crippen molar-refractivity contribution in [3.8, 4) is 0 Å². The molecule has 0 bridgehead atoms. The summed E-state index contributed by atoms with van der Waals surface area (Å²) in [6.45, 7) is 2.98. The molecule has 0 saturated carbocycles. The zero-order valence-electron chi connectivity index (χ0n) is 5.80. The van der Waals surface area contributed by atoms with Crippen LogP contribution in [0.25, 0.3) is 0 Å². The quantitative estimate of drug-likeness (QED) is 0.414. The summed E-state index contributed by atoms with van der Waals surface area (Å²) in [5, 5.41) is 0. The molecule has 52 valence electrons. The molecule has 0 amide bonds. The molecule has 0 unspecified atom stereocenters. The normalized spacial score (nSPS) is 10.8. The van der Waals surface area contributed by atoms with E-state index < -0.39 is 0 Å². The molecular formula is C6H10O3. The van der Waals surface area contributed by atoms with E-state index in [1.165, 1.54) is 20.3 Å². The lowest BCUT2D eigenvalue weighted by Crippen LogP contribution is -1.95. The van der Waals surface area contributed by atoms with Crippen molar-refractivity contribution in [3.05, 3.63) is 12.0 Å². The van der Waals surface area contributed by atoms with Crippen molar-refractivity contribution in [1.29, 1.82) is 0 Å². The number of carbonyl (C=O) groups excluding carboxylic acids is 1. The molecule has 0 heterocycles. The minimum atomic E-state index is -0.333. The minimum Gasteiger partial charge on any atom is -0.501 e. The van der Waals surface area contributed by atoms with Gasteiger partial charge in [-0.3, -0.25) is 4.79 Å². The van der Waals surface area contributed by atoms with Crippen LogP contribution in [0.4, 0.5) is 0 Å². The topological polar surface area (TPSA) is 35.5 Å². The lowest BCUT2D eigenvalue weighted by molar-refractivity contribution is -0.136. The average Bonchev–Trinajstić information content (AvgIpc) is 1.63. The average molecular weight is 130 g/mol. The van der Waals surface area contributed by atoms with E-state index in [1.54, 1.807) is 6.92 Å². The van der Waals surface area contributed by atoms with Gasteiger partial charge >= 0.3 is 5.97 Å². The highest BCUT2D eigenvalue weighted by Crippen LogP contribution is 1.94. The van der Waals surface area contributed by atoms with Crippen LogP contribution in [0.1, 0.15) is 13.8 Å². The molecule has 9 heavy (non-hydrogen) atoms. The standard InChI is InChI=1S/C6H10O3/c1-5(4-8-3)9-6(2)7/h4H,1-3H3/b5-4+. The third-order valence-electron chi connectivity index (χ3n) is 0.589. The Hall–Kier alpha value is -0.990. The summed E-state index contributed by atoms with van der Waals surface area (Å²) in [6.07, 6.45) is 1.36. The minimum absolute atomic E-state index is 0.333. The highest BCUT2D eigenvalue weighted by atomic mass is 16.5. The van der Waals surface area contributed by atoms with E-state index in [4.69, 9.17) is 0 Å². The van der Waals surface area contributed by atoms with Crippen LogP contribution >= 0.6 is 0 Å². The van der Waals surface area contributed by atoms with Gasteiger partial charge in [-0.1, -0.05) is 0 Å². The maximum Gasteiger partial charge on any atom is 0.307 e. The van der Waals surface area contributed by atoms with Crippen LogP contribution < -0.4 is 0 Å². The van der Waals surface area contributed by atoms with E-state index in [0.29, 0.717) is 5.76 Å². The Bertz CT molecular complexity index is 126. The van der Waals surface area contributed by atoms with E-state index in [1.807, 2.05) is 0 Å². The molecule has 0 aromatic rings. The lowest BCUT2D eigenvalue weighted by Gasteiger charge is -1.97. The molecule has 0 radical (unpaired) electrons. The van der Waals surface area contributed by atoms with E-state index in [-0.39, 0.29) is 5.97 Å². The predicted molar refractivity (Wildman–Crippen MR) is 32.5 cm³/mol. The SMILES string of the molecule is CO/C=C(\C)OC(C)=O. The van der Waals surface area contributed by atoms with Gasteiger partial charge in [-0.15, -0.1) is 0 Å². The van der Waals surface area contributed by atoms with Gasteiger partial charge in [0, 0.05) is 6.92 Å². The van der Waals surface area contributed by atoms with Gasteiger partial charge < -0.3 is 9.47 Å². The molecule has 3 nitrogen and oxygen atoms in total. The molecule has 0 aromatic carbocycles. The summed E-state index contributed by atoms with van der Waals surface area (Å²) in [6, 6.07) is 0. The maximum absolute atomic E-state index is 10.2. The zero-order valence-corrected chi connectivity index (χ0v) is 5.80. The Labute approximate surface area is 54.3 Å². The van der Waals surface area contributed by atoms with Crippen molar-refractivity contribution >= 4 is 5.97 Å². The number of carbonyl (C=O) groups is 1. The molecule has 0 N–H and O–H groups in total. The first kappa shape index (κ1) is 8.01. The van der Waals surface area contributed by atoms with Crippen molar-refractivity contribution in [2.75, 3.05) is 7.11 Å². The fourth-order valence-electron chi connectivity index (χ4n) is 0.417. The summed E-state index contributed by atoms with van der Waals surface area (Å²) in [5.74, 6) is 0.130. The largest absolute Gasteiger partial charge is 0.501 e. The Morgan fingerprint density at radius 1 is 1.44 bits per heavy atom. The Morgan fingerprint density at radius 2 is 2.00 bits per heavy atom. The van der Waals surface area contributed by atoms with E-state index in [9.17, 15) is 4.79 Å². The summed E-state index contributed by atoms with van der Waals surface area (Å²) >= 11 is 0. The predicted octanol–water partition coefficient (Wildman–Crippen LogP) is 1.06.